The molecule has 1 unspecified atom stereocenters. The molecule has 0 heterocycles. The molecule has 0 aliphatic rings. The minimum atomic E-state index is -3.84. The summed E-state index contributed by atoms with van der Waals surface area (Å²) in [4.78, 5) is 25.4. The number of Topliss-reactive ketones (excluding diaryl/α,β-unsaturated/α-hetero) is 1. The van der Waals surface area contributed by atoms with E-state index >= 15 is 0 Å². The van der Waals surface area contributed by atoms with Crippen LogP contribution < -0.4 is 15.2 Å². The molecule has 0 bridgehead atoms. The normalized spacial score (nSPS) is 12.5. The molecule has 0 saturated carbocycles. The van der Waals surface area contributed by atoms with Gasteiger partial charge >= 0.3 is 0 Å². The highest BCUT2D eigenvalue weighted by atomic mass is 32.2. The molecular formula is C19H22N2O5S. The number of hydrogen-bond donors (Lipinski definition) is 2. The van der Waals surface area contributed by atoms with Crippen LogP contribution in [0.2, 0.25) is 0 Å². The first-order valence-electron chi connectivity index (χ1n) is 8.26. The molecule has 1 amide bonds. The standard InChI is InChI=1S/C19H22N2O5S/c1-12(2)17(18(22)15-6-4-5-7-16(15)26-3)21-19(23)13-8-10-14(11-9-13)27(20,24)25/h4-12,17H,1-3H3,(H,21,23)(H2,20,24,25). The van der Waals surface area contributed by atoms with Gasteiger partial charge in [0.2, 0.25) is 10.0 Å². The molecule has 0 aromatic heterocycles. The van der Waals surface area contributed by atoms with Gasteiger partial charge in [0.25, 0.3) is 5.91 Å². The van der Waals surface area contributed by atoms with E-state index in [2.05, 4.69) is 5.32 Å². The van der Waals surface area contributed by atoms with Crippen LogP contribution >= 0.6 is 0 Å². The molecule has 27 heavy (non-hydrogen) atoms. The Hall–Kier alpha value is -2.71. The maximum absolute atomic E-state index is 12.9. The number of ether oxygens (including phenoxy) is 1. The number of sulfonamides is 1. The van der Waals surface area contributed by atoms with Crippen molar-refractivity contribution in [2.24, 2.45) is 11.1 Å². The van der Waals surface area contributed by atoms with E-state index in [0.29, 0.717) is 11.3 Å². The van der Waals surface area contributed by atoms with E-state index in [1.165, 1.54) is 31.4 Å². The van der Waals surface area contributed by atoms with Gasteiger partial charge in [0.15, 0.2) is 5.78 Å². The second-order valence-electron chi connectivity index (χ2n) is 6.33. The van der Waals surface area contributed by atoms with E-state index in [1.807, 2.05) is 13.8 Å². The lowest BCUT2D eigenvalue weighted by atomic mass is 9.94. The lowest BCUT2D eigenvalue weighted by Gasteiger charge is -2.22. The van der Waals surface area contributed by atoms with Gasteiger partial charge in [-0.05, 0) is 42.3 Å². The molecule has 144 valence electrons. The topological polar surface area (TPSA) is 116 Å². The number of amides is 1. The first-order chi connectivity index (χ1) is 12.6. The van der Waals surface area contributed by atoms with Crippen molar-refractivity contribution in [2.45, 2.75) is 24.8 Å². The molecule has 2 aromatic carbocycles. The van der Waals surface area contributed by atoms with Gasteiger partial charge < -0.3 is 10.1 Å². The maximum Gasteiger partial charge on any atom is 0.251 e. The maximum atomic E-state index is 12.9. The highest BCUT2D eigenvalue weighted by Crippen LogP contribution is 2.21. The van der Waals surface area contributed by atoms with E-state index < -0.39 is 22.0 Å². The Bertz CT molecular complexity index is 937. The van der Waals surface area contributed by atoms with Crippen LogP contribution in [0.3, 0.4) is 0 Å². The van der Waals surface area contributed by atoms with Crippen LogP contribution in [0.25, 0.3) is 0 Å². The number of nitrogens with two attached hydrogens (primary N) is 1. The van der Waals surface area contributed by atoms with Crippen molar-refractivity contribution in [3.63, 3.8) is 0 Å². The molecule has 0 radical (unpaired) electrons. The summed E-state index contributed by atoms with van der Waals surface area (Å²) < 4.78 is 27.8. The second kappa shape index (κ2) is 8.32. The van der Waals surface area contributed by atoms with Gasteiger partial charge in [-0.1, -0.05) is 26.0 Å². The van der Waals surface area contributed by atoms with Crippen LogP contribution in [0, 0.1) is 5.92 Å². The molecule has 0 aliphatic carbocycles. The second-order valence-corrected chi connectivity index (χ2v) is 7.89. The molecule has 0 spiro atoms. The van der Waals surface area contributed by atoms with Crippen molar-refractivity contribution in [1.29, 1.82) is 0 Å². The number of nitrogens with one attached hydrogen (secondary N) is 1. The van der Waals surface area contributed by atoms with Crippen molar-refractivity contribution in [2.75, 3.05) is 7.11 Å². The summed E-state index contributed by atoms with van der Waals surface area (Å²) in [5.41, 5.74) is 0.601. The van der Waals surface area contributed by atoms with Crippen molar-refractivity contribution < 1.29 is 22.7 Å². The average Bonchev–Trinajstić information content (AvgIpc) is 2.64. The average molecular weight is 390 g/mol. The number of rotatable bonds is 7. The van der Waals surface area contributed by atoms with E-state index in [0.717, 1.165) is 0 Å². The number of carbonyl (C=O) groups is 2. The van der Waals surface area contributed by atoms with Crippen LogP contribution in [0.1, 0.15) is 34.6 Å². The van der Waals surface area contributed by atoms with Gasteiger partial charge in [0.05, 0.1) is 23.6 Å². The highest BCUT2D eigenvalue weighted by molar-refractivity contribution is 7.89. The van der Waals surface area contributed by atoms with E-state index in [4.69, 9.17) is 9.88 Å². The predicted octanol–water partition coefficient (Wildman–Crippen LogP) is 1.98. The largest absolute Gasteiger partial charge is 0.496 e. The summed E-state index contributed by atoms with van der Waals surface area (Å²) in [6.07, 6.45) is 0. The minimum Gasteiger partial charge on any atom is -0.496 e. The molecule has 7 nitrogen and oxygen atoms in total. The zero-order valence-electron chi connectivity index (χ0n) is 15.3. The van der Waals surface area contributed by atoms with Crippen LogP contribution in [0.15, 0.2) is 53.4 Å². The third-order valence-electron chi connectivity index (χ3n) is 4.05. The Kier molecular flexibility index (Phi) is 6.35. The lowest BCUT2D eigenvalue weighted by molar-refractivity contribution is 0.0829. The molecule has 2 rings (SSSR count). The zero-order chi connectivity index (χ0) is 20.2. The third kappa shape index (κ3) is 4.93. The van der Waals surface area contributed by atoms with Gasteiger partial charge in [-0.15, -0.1) is 0 Å². The van der Waals surface area contributed by atoms with Gasteiger partial charge in [-0.25, -0.2) is 13.6 Å². The van der Waals surface area contributed by atoms with Gasteiger partial charge in [0.1, 0.15) is 5.75 Å². The lowest BCUT2D eigenvalue weighted by Crippen LogP contribution is -2.44. The first kappa shape index (κ1) is 20.6. The van der Waals surface area contributed by atoms with Crippen LogP contribution in [-0.2, 0) is 10.0 Å². The van der Waals surface area contributed by atoms with Crippen molar-refractivity contribution in [3.05, 3.63) is 59.7 Å². The number of para-hydroxylation sites is 1. The molecule has 3 N–H and O–H groups in total. The van der Waals surface area contributed by atoms with Crippen molar-refractivity contribution in [3.8, 4) is 5.75 Å². The van der Waals surface area contributed by atoms with Gasteiger partial charge in [0, 0.05) is 5.56 Å². The fourth-order valence-corrected chi connectivity index (χ4v) is 3.09. The summed E-state index contributed by atoms with van der Waals surface area (Å²) in [7, 11) is -2.36. The fraction of sp³-hybridized carbons (Fsp3) is 0.263. The monoisotopic (exact) mass is 390 g/mol. The van der Waals surface area contributed by atoms with Crippen LogP contribution in [0.5, 0.6) is 5.75 Å². The molecule has 1 atom stereocenters. The van der Waals surface area contributed by atoms with Gasteiger partial charge in [-0.3, -0.25) is 9.59 Å². The van der Waals surface area contributed by atoms with Crippen LogP contribution in [-0.4, -0.2) is 33.3 Å². The molecule has 0 fully saturated rings. The highest BCUT2D eigenvalue weighted by Gasteiger charge is 2.27. The summed E-state index contributed by atoms with van der Waals surface area (Å²) >= 11 is 0. The number of benzene rings is 2. The summed E-state index contributed by atoms with van der Waals surface area (Å²) in [6.45, 7) is 3.64. The summed E-state index contributed by atoms with van der Waals surface area (Å²) in [5, 5.41) is 7.77. The van der Waals surface area contributed by atoms with E-state index in [-0.39, 0.29) is 22.2 Å². The van der Waals surface area contributed by atoms with Crippen molar-refractivity contribution in [1.82, 2.24) is 5.32 Å². The fourth-order valence-electron chi connectivity index (χ4n) is 2.57. The van der Waals surface area contributed by atoms with Crippen LogP contribution in [0.4, 0.5) is 0 Å². The zero-order valence-corrected chi connectivity index (χ0v) is 16.1. The Balaban J connectivity index is 2.25. The SMILES string of the molecule is COc1ccccc1C(=O)C(NC(=O)c1ccc(S(N)(=O)=O)cc1)C(C)C. The Morgan fingerprint density at radius 1 is 1.04 bits per heavy atom. The Morgan fingerprint density at radius 3 is 2.15 bits per heavy atom. The Labute approximate surface area is 158 Å². The van der Waals surface area contributed by atoms with Gasteiger partial charge in [-0.2, -0.15) is 0 Å². The Morgan fingerprint density at radius 2 is 1.63 bits per heavy atom. The molecular weight excluding hydrogens is 368 g/mol. The first-order valence-corrected chi connectivity index (χ1v) is 9.80. The molecule has 0 aliphatic heterocycles. The summed E-state index contributed by atoms with van der Waals surface area (Å²) in [6, 6.07) is 11.2. The number of ketones is 1. The van der Waals surface area contributed by atoms with E-state index in [1.54, 1.807) is 24.3 Å². The number of methoxy groups -OCH3 is 1. The quantitative estimate of drug-likeness (QED) is 0.702. The minimum absolute atomic E-state index is 0.0930. The van der Waals surface area contributed by atoms with Crippen molar-refractivity contribution >= 4 is 21.7 Å². The number of primary sulfonamides is 1. The number of hydrogen-bond acceptors (Lipinski definition) is 5. The molecule has 0 saturated heterocycles. The molecule has 8 heteroatoms. The summed E-state index contributed by atoms with van der Waals surface area (Å²) in [5.74, 6) is -0.496. The van der Waals surface area contributed by atoms with E-state index in [9.17, 15) is 18.0 Å². The molecule has 2 aromatic rings. The number of carbonyl (C=O) groups excluding carboxylic acids is 2. The smallest absolute Gasteiger partial charge is 0.251 e. The predicted molar refractivity (Wildman–Crippen MR) is 101 cm³/mol. The third-order valence-corrected chi connectivity index (χ3v) is 4.98.